The Labute approximate surface area is 106 Å². The molecule has 4 nitrogen and oxygen atoms in total. The number of anilines is 1. The molecule has 1 aromatic heterocycles. The van der Waals surface area contributed by atoms with Crippen molar-refractivity contribution in [3.05, 3.63) is 11.1 Å². The molecule has 0 radical (unpaired) electrons. The number of aromatic nitrogens is 1. The van der Waals surface area contributed by atoms with Crippen molar-refractivity contribution in [2.75, 3.05) is 12.3 Å². The summed E-state index contributed by atoms with van der Waals surface area (Å²) in [6.07, 6.45) is 3.30. The molecule has 1 aromatic rings. The first-order valence-electron chi connectivity index (χ1n) is 6.10. The molecule has 94 valence electrons. The molecular formula is C12H19N3OS. The number of nitrogen functional groups attached to an aromatic ring is 1. The number of hydrogen-bond donors (Lipinski definition) is 1. The predicted octanol–water partition coefficient (Wildman–Crippen LogP) is 2.38. The largest absolute Gasteiger partial charge is 0.375 e. The Balaban J connectivity index is 2.02. The Morgan fingerprint density at radius 3 is 2.82 bits per heavy atom. The van der Waals surface area contributed by atoms with Crippen LogP contribution in [-0.2, 0) is 0 Å². The van der Waals surface area contributed by atoms with Gasteiger partial charge in [-0.05, 0) is 25.2 Å². The van der Waals surface area contributed by atoms with Crippen LogP contribution in [0.4, 0.5) is 5.13 Å². The molecule has 1 saturated carbocycles. The minimum Gasteiger partial charge on any atom is -0.375 e. The van der Waals surface area contributed by atoms with Gasteiger partial charge in [0.25, 0.3) is 5.91 Å². The lowest BCUT2D eigenvalue weighted by Gasteiger charge is -2.22. The Morgan fingerprint density at radius 2 is 2.35 bits per heavy atom. The molecule has 5 heteroatoms. The average Bonchev–Trinajstić information content (AvgIpc) is 3.00. The van der Waals surface area contributed by atoms with Crippen LogP contribution in [0.2, 0.25) is 0 Å². The lowest BCUT2D eigenvalue weighted by Crippen LogP contribution is -2.34. The van der Waals surface area contributed by atoms with Crippen LogP contribution >= 0.6 is 11.3 Å². The summed E-state index contributed by atoms with van der Waals surface area (Å²) in [6.45, 7) is 5.19. The van der Waals surface area contributed by atoms with Crippen LogP contribution in [0.25, 0.3) is 0 Å². The van der Waals surface area contributed by atoms with Gasteiger partial charge in [0.05, 0.1) is 0 Å². The van der Waals surface area contributed by atoms with Crippen molar-refractivity contribution in [1.82, 2.24) is 9.88 Å². The third-order valence-electron chi connectivity index (χ3n) is 2.94. The quantitative estimate of drug-likeness (QED) is 0.876. The predicted molar refractivity (Wildman–Crippen MR) is 70.0 cm³/mol. The van der Waals surface area contributed by atoms with E-state index >= 15 is 0 Å². The van der Waals surface area contributed by atoms with Gasteiger partial charge in [0.15, 0.2) is 5.13 Å². The fraction of sp³-hybridized carbons (Fsp3) is 0.667. The second-order valence-electron chi connectivity index (χ2n) is 4.98. The van der Waals surface area contributed by atoms with Crippen molar-refractivity contribution in [2.45, 2.75) is 39.2 Å². The van der Waals surface area contributed by atoms with E-state index in [-0.39, 0.29) is 5.91 Å². The highest BCUT2D eigenvalue weighted by molar-refractivity contribution is 7.13. The summed E-state index contributed by atoms with van der Waals surface area (Å²) in [5.41, 5.74) is 6.07. The number of nitrogens with two attached hydrogens (primary N) is 1. The first-order chi connectivity index (χ1) is 8.08. The van der Waals surface area contributed by atoms with Crippen molar-refractivity contribution in [1.29, 1.82) is 0 Å². The fourth-order valence-electron chi connectivity index (χ4n) is 1.77. The number of nitrogens with zero attached hydrogens (tertiary/aromatic N) is 2. The minimum absolute atomic E-state index is 0.0427. The van der Waals surface area contributed by atoms with E-state index in [0.29, 0.717) is 22.8 Å². The van der Waals surface area contributed by atoms with E-state index in [1.54, 1.807) is 5.38 Å². The summed E-state index contributed by atoms with van der Waals surface area (Å²) in [5.74, 6) is 0.658. The van der Waals surface area contributed by atoms with Crippen LogP contribution in [0.5, 0.6) is 0 Å². The zero-order chi connectivity index (χ0) is 12.4. The molecule has 0 bridgehead atoms. The van der Waals surface area contributed by atoms with E-state index in [9.17, 15) is 4.79 Å². The standard InChI is InChI=1S/C12H19N3OS/c1-8(2)5-6-15(9-3-4-9)11(16)10-7-17-12(13)14-10/h7-9H,3-6H2,1-2H3,(H2,13,14). The molecule has 0 aromatic carbocycles. The van der Waals surface area contributed by atoms with Gasteiger partial charge in [-0.15, -0.1) is 11.3 Å². The zero-order valence-corrected chi connectivity index (χ0v) is 11.2. The average molecular weight is 253 g/mol. The van der Waals surface area contributed by atoms with Gasteiger partial charge in [0.1, 0.15) is 5.69 Å². The molecule has 0 atom stereocenters. The molecule has 0 spiro atoms. The van der Waals surface area contributed by atoms with E-state index < -0.39 is 0 Å². The normalized spacial score (nSPS) is 15.2. The molecule has 2 rings (SSSR count). The Hall–Kier alpha value is -1.10. The first-order valence-corrected chi connectivity index (χ1v) is 6.98. The number of amides is 1. The molecule has 1 amide bonds. The molecular weight excluding hydrogens is 234 g/mol. The topological polar surface area (TPSA) is 59.2 Å². The van der Waals surface area contributed by atoms with Crippen molar-refractivity contribution < 1.29 is 4.79 Å². The van der Waals surface area contributed by atoms with Crippen molar-refractivity contribution >= 4 is 22.4 Å². The van der Waals surface area contributed by atoms with Crippen LogP contribution in [0.3, 0.4) is 0 Å². The van der Waals surface area contributed by atoms with Gasteiger partial charge in [-0.2, -0.15) is 0 Å². The lowest BCUT2D eigenvalue weighted by molar-refractivity contribution is 0.0730. The summed E-state index contributed by atoms with van der Waals surface area (Å²) in [4.78, 5) is 18.3. The van der Waals surface area contributed by atoms with Crippen LogP contribution in [-0.4, -0.2) is 28.4 Å². The Morgan fingerprint density at radius 1 is 1.65 bits per heavy atom. The molecule has 1 fully saturated rings. The molecule has 17 heavy (non-hydrogen) atoms. The third-order valence-corrected chi connectivity index (χ3v) is 3.61. The van der Waals surface area contributed by atoms with Crippen molar-refractivity contribution in [3.8, 4) is 0 Å². The molecule has 1 heterocycles. The van der Waals surface area contributed by atoms with E-state index in [4.69, 9.17) is 5.73 Å². The van der Waals surface area contributed by atoms with Crippen molar-refractivity contribution in [2.24, 2.45) is 5.92 Å². The maximum atomic E-state index is 12.3. The molecule has 0 unspecified atom stereocenters. The van der Waals surface area contributed by atoms with Gasteiger partial charge in [-0.1, -0.05) is 13.8 Å². The lowest BCUT2D eigenvalue weighted by atomic mass is 10.1. The van der Waals surface area contributed by atoms with Crippen LogP contribution in [0.15, 0.2) is 5.38 Å². The minimum atomic E-state index is 0.0427. The summed E-state index contributed by atoms with van der Waals surface area (Å²) in [7, 11) is 0. The second-order valence-corrected chi connectivity index (χ2v) is 5.87. The third kappa shape index (κ3) is 3.19. The monoisotopic (exact) mass is 253 g/mol. The SMILES string of the molecule is CC(C)CCN(C(=O)c1csc(N)n1)C1CC1. The molecule has 0 aliphatic heterocycles. The van der Waals surface area contributed by atoms with Gasteiger partial charge < -0.3 is 10.6 Å². The summed E-state index contributed by atoms with van der Waals surface area (Å²) in [6, 6.07) is 0.434. The van der Waals surface area contributed by atoms with E-state index in [2.05, 4.69) is 18.8 Å². The number of hydrogen-bond acceptors (Lipinski definition) is 4. The smallest absolute Gasteiger partial charge is 0.273 e. The van der Waals surface area contributed by atoms with Gasteiger partial charge in [-0.3, -0.25) is 4.79 Å². The highest BCUT2D eigenvalue weighted by atomic mass is 32.1. The van der Waals surface area contributed by atoms with Gasteiger partial charge >= 0.3 is 0 Å². The van der Waals surface area contributed by atoms with Gasteiger partial charge in [-0.25, -0.2) is 4.98 Å². The van der Waals surface area contributed by atoms with Crippen molar-refractivity contribution in [3.63, 3.8) is 0 Å². The molecule has 1 aliphatic carbocycles. The highest BCUT2D eigenvalue weighted by Crippen LogP contribution is 2.29. The molecule has 0 saturated heterocycles. The Bertz CT molecular complexity index is 398. The van der Waals surface area contributed by atoms with E-state index in [1.165, 1.54) is 11.3 Å². The first kappa shape index (κ1) is 12.4. The fourth-order valence-corrected chi connectivity index (χ4v) is 2.30. The summed E-state index contributed by atoms with van der Waals surface area (Å²) < 4.78 is 0. The van der Waals surface area contributed by atoms with E-state index in [1.807, 2.05) is 4.90 Å². The highest BCUT2D eigenvalue weighted by Gasteiger charge is 2.33. The van der Waals surface area contributed by atoms with Crippen LogP contribution in [0.1, 0.15) is 43.6 Å². The number of thiazole rings is 1. The number of carbonyl (C=O) groups excluding carboxylic acids is 1. The maximum absolute atomic E-state index is 12.3. The van der Waals surface area contributed by atoms with E-state index in [0.717, 1.165) is 25.8 Å². The van der Waals surface area contributed by atoms with Gasteiger partial charge in [0, 0.05) is 18.0 Å². The molecule has 1 aliphatic rings. The zero-order valence-electron chi connectivity index (χ0n) is 10.3. The maximum Gasteiger partial charge on any atom is 0.273 e. The number of carbonyl (C=O) groups is 1. The van der Waals surface area contributed by atoms with Crippen LogP contribution in [0, 0.1) is 5.92 Å². The van der Waals surface area contributed by atoms with Crippen LogP contribution < -0.4 is 5.73 Å². The summed E-state index contributed by atoms with van der Waals surface area (Å²) >= 11 is 1.33. The van der Waals surface area contributed by atoms with Gasteiger partial charge in [0.2, 0.25) is 0 Å². The second kappa shape index (κ2) is 5.04. The summed E-state index contributed by atoms with van der Waals surface area (Å²) in [5, 5.41) is 2.22. The number of rotatable bonds is 5. The Kier molecular flexibility index (Phi) is 3.66. The molecule has 2 N–H and O–H groups in total.